The molecule has 138 valence electrons. The van der Waals surface area contributed by atoms with Crippen molar-refractivity contribution in [3.05, 3.63) is 29.8 Å². The van der Waals surface area contributed by atoms with Gasteiger partial charge in [0.2, 0.25) is 0 Å². The Morgan fingerprint density at radius 1 is 1.08 bits per heavy atom. The van der Waals surface area contributed by atoms with Gasteiger partial charge in [-0.1, -0.05) is 58.6 Å². The molecule has 0 spiro atoms. The number of hydrogen-bond acceptors (Lipinski definition) is 3. The SMILES string of the molecule is CCC[C@@](N)(CO)CCc1ccc(OCCCCCC(C)C)cc1. The molecule has 0 saturated carbocycles. The predicted molar refractivity (Wildman–Crippen MR) is 102 cm³/mol. The van der Waals surface area contributed by atoms with Crippen LogP contribution in [0.2, 0.25) is 0 Å². The van der Waals surface area contributed by atoms with Crippen molar-refractivity contribution in [2.75, 3.05) is 13.2 Å². The zero-order valence-corrected chi connectivity index (χ0v) is 15.9. The minimum atomic E-state index is -0.445. The van der Waals surface area contributed by atoms with Crippen molar-refractivity contribution >= 4 is 0 Å². The van der Waals surface area contributed by atoms with Gasteiger partial charge in [0.1, 0.15) is 5.75 Å². The Kier molecular flexibility index (Phi) is 10.0. The minimum absolute atomic E-state index is 0.0544. The van der Waals surface area contributed by atoms with Gasteiger partial charge in [-0.25, -0.2) is 0 Å². The van der Waals surface area contributed by atoms with E-state index in [0.717, 1.165) is 50.4 Å². The van der Waals surface area contributed by atoms with E-state index in [1.54, 1.807) is 0 Å². The molecule has 1 aromatic rings. The van der Waals surface area contributed by atoms with Crippen molar-refractivity contribution in [2.45, 2.75) is 77.7 Å². The molecule has 24 heavy (non-hydrogen) atoms. The van der Waals surface area contributed by atoms with Crippen molar-refractivity contribution in [2.24, 2.45) is 11.7 Å². The summed E-state index contributed by atoms with van der Waals surface area (Å²) in [5.41, 5.74) is 7.04. The van der Waals surface area contributed by atoms with E-state index in [9.17, 15) is 5.11 Å². The summed E-state index contributed by atoms with van der Waals surface area (Å²) < 4.78 is 5.81. The number of benzene rings is 1. The maximum atomic E-state index is 9.48. The number of unbranched alkanes of at least 4 members (excludes halogenated alkanes) is 2. The summed E-state index contributed by atoms with van der Waals surface area (Å²) in [5, 5.41) is 9.48. The lowest BCUT2D eigenvalue weighted by molar-refractivity contribution is 0.177. The molecule has 3 heteroatoms. The van der Waals surface area contributed by atoms with Crippen LogP contribution < -0.4 is 10.5 Å². The van der Waals surface area contributed by atoms with E-state index in [0.29, 0.717) is 0 Å². The first-order valence-electron chi connectivity index (χ1n) is 9.60. The standard InChI is InChI=1S/C21H37NO2/c1-4-14-21(22,17-23)15-13-19-9-11-20(12-10-19)24-16-7-5-6-8-18(2)3/h9-12,18,23H,4-8,13-17,22H2,1-3H3/t21-/m0/s1. The Balaban J connectivity index is 2.28. The molecule has 0 unspecified atom stereocenters. The van der Waals surface area contributed by atoms with Gasteiger partial charge in [0.05, 0.1) is 13.2 Å². The Morgan fingerprint density at radius 2 is 1.79 bits per heavy atom. The summed E-state index contributed by atoms with van der Waals surface area (Å²) in [6.45, 7) is 7.50. The second-order valence-electron chi connectivity index (χ2n) is 7.51. The molecule has 0 saturated heterocycles. The van der Waals surface area contributed by atoms with Crippen LogP contribution in [0.5, 0.6) is 5.75 Å². The first kappa shape index (κ1) is 21.0. The van der Waals surface area contributed by atoms with Crippen molar-refractivity contribution in [1.29, 1.82) is 0 Å². The highest BCUT2D eigenvalue weighted by Crippen LogP contribution is 2.19. The first-order chi connectivity index (χ1) is 11.5. The van der Waals surface area contributed by atoms with E-state index in [1.807, 2.05) is 12.1 Å². The zero-order chi connectivity index (χ0) is 17.8. The first-order valence-corrected chi connectivity index (χ1v) is 9.60. The Labute approximate surface area is 148 Å². The molecule has 1 atom stereocenters. The van der Waals surface area contributed by atoms with Gasteiger partial charge in [0.15, 0.2) is 0 Å². The molecule has 0 aliphatic carbocycles. The Hall–Kier alpha value is -1.06. The quantitative estimate of drug-likeness (QED) is 0.514. The fraction of sp³-hybridized carbons (Fsp3) is 0.714. The fourth-order valence-electron chi connectivity index (χ4n) is 2.95. The van der Waals surface area contributed by atoms with Crippen LogP contribution in [-0.2, 0) is 6.42 Å². The molecule has 1 aromatic carbocycles. The molecule has 0 bridgehead atoms. The van der Waals surface area contributed by atoms with Gasteiger partial charge in [-0.3, -0.25) is 0 Å². The Morgan fingerprint density at radius 3 is 2.38 bits per heavy atom. The summed E-state index contributed by atoms with van der Waals surface area (Å²) >= 11 is 0. The highest BCUT2D eigenvalue weighted by molar-refractivity contribution is 5.27. The highest BCUT2D eigenvalue weighted by Gasteiger charge is 2.22. The Bertz CT molecular complexity index is 430. The van der Waals surface area contributed by atoms with E-state index in [-0.39, 0.29) is 6.61 Å². The fourth-order valence-corrected chi connectivity index (χ4v) is 2.95. The van der Waals surface area contributed by atoms with E-state index in [4.69, 9.17) is 10.5 Å². The van der Waals surface area contributed by atoms with Gasteiger partial charge in [0.25, 0.3) is 0 Å². The van der Waals surface area contributed by atoms with Crippen LogP contribution in [0.25, 0.3) is 0 Å². The molecule has 0 aliphatic rings. The average molecular weight is 336 g/mol. The smallest absolute Gasteiger partial charge is 0.119 e. The molecular weight excluding hydrogens is 298 g/mol. The molecule has 3 nitrogen and oxygen atoms in total. The number of aliphatic hydroxyl groups is 1. The van der Waals surface area contributed by atoms with Crippen molar-refractivity contribution < 1.29 is 9.84 Å². The summed E-state index contributed by atoms with van der Waals surface area (Å²) in [4.78, 5) is 0. The zero-order valence-electron chi connectivity index (χ0n) is 15.9. The van der Waals surface area contributed by atoms with Gasteiger partial charge in [-0.05, 0) is 49.3 Å². The van der Waals surface area contributed by atoms with Crippen molar-refractivity contribution in [3.8, 4) is 5.75 Å². The van der Waals surface area contributed by atoms with Gasteiger partial charge in [0, 0.05) is 5.54 Å². The van der Waals surface area contributed by atoms with Gasteiger partial charge in [-0.15, -0.1) is 0 Å². The van der Waals surface area contributed by atoms with E-state index in [2.05, 4.69) is 32.9 Å². The molecule has 0 radical (unpaired) electrons. The number of nitrogens with two attached hydrogens (primary N) is 1. The molecule has 0 amide bonds. The molecule has 0 aromatic heterocycles. The van der Waals surface area contributed by atoms with Gasteiger partial charge >= 0.3 is 0 Å². The van der Waals surface area contributed by atoms with Crippen LogP contribution >= 0.6 is 0 Å². The topological polar surface area (TPSA) is 55.5 Å². The lowest BCUT2D eigenvalue weighted by Crippen LogP contribution is -2.43. The normalized spacial score (nSPS) is 13.9. The van der Waals surface area contributed by atoms with Crippen molar-refractivity contribution in [1.82, 2.24) is 0 Å². The second kappa shape index (κ2) is 11.5. The summed E-state index contributed by atoms with van der Waals surface area (Å²) in [5.74, 6) is 1.74. The lowest BCUT2D eigenvalue weighted by Gasteiger charge is -2.26. The van der Waals surface area contributed by atoms with Crippen LogP contribution in [0, 0.1) is 5.92 Å². The van der Waals surface area contributed by atoms with Crippen LogP contribution in [0.15, 0.2) is 24.3 Å². The maximum Gasteiger partial charge on any atom is 0.119 e. The summed E-state index contributed by atoms with van der Waals surface area (Å²) in [7, 11) is 0. The van der Waals surface area contributed by atoms with Crippen LogP contribution in [0.3, 0.4) is 0 Å². The van der Waals surface area contributed by atoms with Crippen LogP contribution in [-0.4, -0.2) is 23.9 Å². The minimum Gasteiger partial charge on any atom is -0.494 e. The number of rotatable bonds is 13. The largest absolute Gasteiger partial charge is 0.494 e. The van der Waals surface area contributed by atoms with E-state index in [1.165, 1.54) is 24.8 Å². The molecule has 0 fully saturated rings. The lowest BCUT2D eigenvalue weighted by atomic mass is 9.89. The predicted octanol–water partition coefficient (Wildman–Crippen LogP) is 4.70. The van der Waals surface area contributed by atoms with Crippen molar-refractivity contribution in [3.63, 3.8) is 0 Å². The second-order valence-corrected chi connectivity index (χ2v) is 7.51. The van der Waals surface area contributed by atoms with Gasteiger partial charge < -0.3 is 15.6 Å². The van der Waals surface area contributed by atoms with E-state index >= 15 is 0 Å². The maximum absolute atomic E-state index is 9.48. The number of aryl methyl sites for hydroxylation is 1. The number of hydrogen-bond donors (Lipinski definition) is 2. The molecule has 0 aliphatic heterocycles. The average Bonchev–Trinajstić information content (AvgIpc) is 2.57. The third-order valence-corrected chi connectivity index (χ3v) is 4.59. The highest BCUT2D eigenvalue weighted by atomic mass is 16.5. The monoisotopic (exact) mass is 335 g/mol. The summed E-state index contributed by atoms with van der Waals surface area (Å²) in [6.07, 6.45) is 8.54. The van der Waals surface area contributed by atoms with E-state index < -0.39 is 5.54 Å². The third kappa shape index (κ3) is 8.70. The van der Waals surface area contributed by atoms with Gasteiger partial charge in [-0.2, -0.15) is 0 Å². The molecule has 0 heterocycles. The molecule has 3 N–H and O–H groups in total. The summed E-state index contributed by atoms with van der Waals surface area (Å²) in [6, 6.07) is 8.30. The van der Waals surface area contributed by atoms with Crippen LogP contribution in [0.4, 0.5) is 0 Å². The number of ether oxygens (including phenoxy) is 1. The number of aliphatic hydroxyl groups excluding tert-OH is 1. The van der Waals surface area contributed by atoms with Crippen LogP contribution in [0.1, 0.15) is 71.3 Å². The third-order valence-electron chi connectivity index (χ3n) is 4.59. The molecule has 1 rings (SSSR count). The molecular formula is C21H37NO2.